The molecule has 4 nitrogen and oxygen atoms in total. The van der Waals surface area contributed by atoms with Crippen molar-refractivity contribution in [3.05, 3.63) is 0 Å². The number of nitrogens with zero attached hydrogens (tertiary/aromatic N) is 1. The quantitative estimate of drug-likeness (QED) is 0.863. The predicted octanol–water partition coefficient (Wildman–Crippen LogP) is 2.62. The minimum atomic E-state index is -0.768. The second-order valence-corrected chi connectivity index (χ2v) is 8.06. The molecule has 1 N–H and O–H groups in total. The number of likely N-dealkylation sites (tertiary alicyclic amines) is 1. The second kappa shape index (κ2) is 6.16. The van der Waals surface area contributed by atoms with Crippen molar-refractivity contribution in [2.75, 3.05) is 18.8 Å². The summed E-state index contributed by atoms with van der Waals surface area (Å²) in [6.45, 7) is 9.19. The van der Waals surface area contributed by atoms with Crippen molar-refractivity contribution in [2.45, 2.75) is 51.7 Å². The molecule has 1 fully saturated rings. The van der Waals surface area contributed by atoms with Gasteiger partial charge in [-0.05, 0) is 19.3 Å². The number of carboxylic acids is 1. The summed E-state index contributed by atoms with van der Waals surface area (Å²) in [6, 6.07) is 0. The Balaban J connectivity index is 2.64. The van der Waals surface area contributed by atoms with Crippen LogP contribution in [0.1, 0.15) is 47.0 Å². The minimum Gasteiger partial charge on any atom is -0.481 e. The molecule has 1 amide bonds. The first-order chi connectivity index (χ1) is 8.70. The molecule has 1 heterocycles. The van der Waals surface area contributed by atoms with Crippen LogP contribution in [0, 0.1) is 5.41 Å². The van der Waals surface area contributed by atoms with Crippen LogP contribution in [0.5, 0.6) is 0 Å². The molecule has 0 aromatic rings. The van der Waals surface area contributed by atoms with Crippen LogP contribution in [0.2, 0.25) is 0 Å². The fourth-order valence-electron chi connectivity index (χ4n) is 2.33. The van der Waals surface area contributed by atoms with Crippen LogP contribution >= 0.6 is 11.8 Å². The Morgan fingerprint density at radius 1 is 1.37 bits per heavy atom. The van der Waals surface area contributed by atoms with Crippen molar-refractivity contribution >= 4 is 23.6 Å². The van der Waals surface area contributed by atoms with Gasteiger partial charge in [-0.3, -0.25) is 9.59 Å². The van der Waals surface area contributed by atoms with E-state index in [0.29, 0.717) is 31.7 Å². The van der Waals surface area contributed by atoms with E-state index in [4.69, 9.17) is 0 Å². The molecule has 0 aliphatic carbocycles. The van der Waals surface area contributed by atoms with Crippen molar-refractivity contribution in [2.24, 2.45) is 5.41 Å². The van der Waals surface area contributed by atoms with Crippen LogP contribution in [0.4, 0.5) is 0 Å². The maximum atomic E-state index is 12.2. The highest BCUT2D eigenvalue weighted by atomic mass is 32.2. The van der Waals surface area contributed by atoms with Gasteiger partial charge in [-0.2, -0.15) is 0 Å². The zero-order valence-corrected chi connectivity index (χ0v) is 13.2. The zero-order valence-electron chi connectivity index (χ0n) is 12.4. The van der Waals surface area contributed by atoms with E-state index in [1.54, 1.807) is 16.7 Å². The van der Waals surface area contributed by atoms with Gasteiger partial charge in [0.25, 0.3) is 0 Å². The second-order valence-electron chi connectivity index (χ2n) is 6.26. The lowest BCUT2D eigenvalue weighted by Crippen LogP contribution is -2.50. The largest absolute Gasteiger partial charge is 0.481 e. The molecule has 1 aliphatic heterocycles. The summed E-state index contributed by atoms with van der Waals surface area (Å²) in [6.07, 6.45) is 2.04. The smallest absolute Gasteiger partial charge is 0.311 e. The Morgan fingerprint density at radius 2 is 2.00 bits per heavy atom. The Labute approximate surface area is 119 Å². The van der Waals surface area contributed by atoms with E-state index in [2.05, 4.69) is 20.8 Å². The number of amides is 1. The Hall–Kier alpha value is -0.710. The molecule has 0 bridgehead atoms. The monoisotopic (exact) mass is 287 g/mol. The number of aliphatic carboxylic acids is 1. The van der Waals surface area contributed by atoms with Crippen LogP contribution in [-0.4, -0.2) is 45.5 Å². The van der Waals surface area contributed by atoms with Gasteiger partial charge in [-0.25, -0.2) is 0 Å². The maximum Gasteiger partial charge on any atom is 0.311 e. The lowest BCUT2D eigenvalue weighted by molar-refractivity contribution is -0.154. The van der Waals surface area contributed by atoms with Crippen LogP contribution in [-0.2, 0) is 9.59 Å². The first kappa shape index (κ1) is 16.3. The van der Waals surface area contributed by atoms with Gasteiger partial charge in [0.05, 0.1) is 11.2 Å². The first-order valence-electron chi connectivity index (χ1n) is 6.85. The average Bonchev–Trinajstić information content (AvgIpc) is 2.34. The number of carbonyl (C=O) groups excluding carboxylic acids is 1. The van der Waals surface area contributed by atoms with Gasteiger partial charge in [-0.1, -0.05) is 27.7 Å². The number of piperidine rings is 1. The molecular formula is C14H25NO3S. The summed E-state index contributed by atoms with van der Waals surface area (Å²) in [4.78, 5) is 25.4. The third-order valence-corrected chi connectivity index (χ3v) is 4.95. The van der Waals surface area contributed by atoms with Gasteiger partial charge in [0.15, 0.2) is 0 Å². The molecule has 0 spiro atoms. The van der Waals surface area contributed by atoms with Gasteiger partial charge in [0.1, 0.15) is 0 Å². The third-order valence-electron chi connectivity index (χ3n) is 3.69. The molecule has 1 atom stereocenters. The number of hydrogen-bond acceptors (Lipinski definition) is 3. The predicted molar refractivity (Wildman–Crippen MR) is 78.4 cm³/mol. The first-order valence-corrected chi connectivity index (χ1v) is 7.84. The standard InChI is InChI=1S/C14H25NO3S/c1-5-14(12(17)18)7-6-8-15(10-14)11(16)9-19-13(2,3)4/h5-10H2,1-4H3,(H,17,18). The molecule has 0 radical (unpaired) electrons. The van der Waals surface area contributed by atoms with Crippen LogP contribution in [0.25, 0.3) is 0 Å². The Morgan fingerprint density at radius 3 is 2.47 bits per heavy atom. The molecule has 1 aliphatic rings. The van der Waals surface area contributed by atoms with E-state index in [9.17, 15) is 14.7 Å². The summed E-state index contributed by atoms with van der Waals surface area (Å²) >= 11 is 1.61. The highest BCUT2D eigenvalue weighted by Gasteiger charge is 2.42. The molecule has 0 aromatic carbocycles. The summed E-state index contributed by atoms with van der Waals surface area (Å²) in [5.41, 5.74) is -0.736. The molecule has 0 aromatic heterocycles. The molecule has 0 saturated carbocycles. The highest BCUT2D eigenvalue weighted by Crippen LogP contribution is 2.34. The van der Waals surface area contributed by atoms with Crippen LogP contribution in [0.3, 0.4) is 0 Å². The van der Waals surface area contributed by atoms with Gasteiger partial charge in [0.2, 0.25) is 5.91 Å². The van der Waals surface area contributed by atoms with E-state index in [1.807, 2.05) is 6.92 Å². The summed E-state index contributed by atoms with van der Waals surface area (Å²) < 4.78 is 0.0556. The van der Waals surface area contributed by atoms with Crippen molar-refractivity contribution < 1.29 is 14.7 Å². The number of carbonyl (C=O) groups is 2. The lowest BCUT2D eigenvalue weighted by atomic mass is 9.77. The number of carboxylic acid groups (broad SMARTS) is 1. The van der Waals surface area contributed by atoms with Crippen molar-refractivity contribution in [1.29, 1.82) is 0 Å². The maximum absolute atomic E-state index is 12.2. The Bertz CT molecular complexity index is 351. The van der Waals surface area contributed by atoms with E-state index in [-0.39, 0.29) is 10.7 Å². The lowest BCUT2D eigenvalue weighted by Gasteiger charge is -2.39. The highest BCUT2D eigenvalue weighted by molar-refractivity contribution is 8.01. The SMILES string of the molecule is CCC1(C(=O)O)CCCN(C(=O)CSC(C)(C)C)C1. The third kappa shape index (κ3) is 4.41. The number of hydrogen-bond donors (Lipinski definition) is 1. The van der Waals surface area contributed by atoms with Gasteiger partial charge in [0, 0.05) is 17.8 Å². The van der Waals surface area contributed by atoms with Gasteiger partial charge >= 0.3 is 5.97 Å². The molecule has 1 rings (SSSR count). The zero-order chi connectivity index (χ0) is 14.7. The van der Waals surface area contributed by atoms with E-state index < -0.39 is 11.4 Å². The Kier molecular flexibility index (Phi) is 5.30. The molecule has 5 heteroatoms. The molecule has 110 valence electrons. The van der Waals surface area contributed by atoms with Crippen molar-refractivity contribution in [3.63, 3.8) is 0 Å². The van der Waals surface area contributed by atoms with Gasteiger partial charge in [-0.15, -0.1) is 11.8 Å². The number of thioether (sulfide) groups is 1. The summed E-state index contributed by atoms with van der Waals surface area (Å²) in [7, 11) is 0. The van der Waals surface area contributed by atoms with Gasteiger partial charge < -0.3 is 10.0 Å². The minimum absolute atomic E-state index is 0.0556. The van der Waals surface area contributed by atoms with E-state index in [1.165, 1.54) is 0 Å². The summed E-state index contributed by atoms with van der Waals surface area (Å²) in [5, 5.41) is 9.40. The van der Waals surface area contributed by atoms with Crippen molar-refractivity contribution in [3.8, 4) is 0 Å². The normalized spacial score (nSPS) is 24.3. The molecular weight excluding hydrogens is 262 g/mol. The molecule has 1 saturated heterocycles. The van der Waals surface area contributed by atoms with Crippen LogP contribution < -0.4 is 0 Å². The summed E-state index contributed by atoms with van der Waals surface area (Å²) in [5.74, 6) is -0.266. The van der Waals surface area contributed by atoms with Crippen LogP contribution in [0.15, 0.2) is 0 Å². The fourth-order valence-corrected chi connectivity index (χ4v) is 3.07. The fraction of sp³-hybridized carbons (Fsp3) is 0.857. The van der Waals surface area contributed by atoms with E-state index in [0.717, 1.165) is 6.42 Å². The molecule has 19 heavy (non-hydrogen) atoms. The average molecular weight is 287 g/mol. The number of rotatable bonds is 4. The topological polar surface area (TPSA) is 57.6 Å². The van der Waals surface area contributed by atoms with E-state index >= 15 is 0 Å². The van der Waals surface area contributed by atoms with Crippen molar-refractivity contribution in [1.82, 2.24) is 4.90 Å². The molecule has 1 unspecified atom stereocenters.